The lowest BCUT2D eigenvalue weighted by molar-refractivity contribution is -0.143. The van der Waals surface area contributed by atoms with Crippen molar-refractivity contribution in [2.24, 2.45) is 0 Å². The van der Waals surface area contributed by atoms with E-state index < -0.39 is 6.04 Å². The first-order valence-corrected chi connectivity index (χ1v) is 10.5. The molecular formula is C24H32N2O5. The van der Waals surface area contributed by atoms with E-state index in [1.54, 1.807) is 31.3 Å². The lowest BCUT2D eigenvalue weighted by Gasteiger charge is -2.30. The Bertz CT molecular complexity index is 855. The molecule has 0 radical (unpaired) electrons. The predicted molar refractivity (Wildman–Crippen MR) is 119 cm³/mol. The molecule has 2 aromatic rings. The molecule has 0 unspecified atom stereocenters. The number of carbonyl (C=O) groups is 2. The van der Waals surface area contributed by atoms with Crippen molar-refractivity contribution >= 4 is 11.8 Å². The van der Waals surface area contributed by atoms with E-state index in [-0.39, 0.29) is 25.0 Å². The fourth-order valence-corrected chi connectivity index (χ4v) is 3.21. The summed E-state index contributed by atoms with van der Waals surface area (Å²) in [5.41, 5.74) is 0.867. The zero-order chi connectivity index (χ0) is 22.6. The molecule has 0 aliphatic rings. The lowest BCUT2D eigenvalue weighted by atomic mass is 10.1. The molecule has 31 heavy (non-hydrogen) atoms. The van der Waals surface area contributed by atoms with Gasteiger partial charge >= 0.3 is 0 Å². The molecule has 2 rings (SSSR count). The molecule has 0 bridgehead atoms. The van der Waals surface area contributed by atoms with Gasteiger partial charge in [-0.05, 0) is 42.7 Å². The lowest BCUT2D eigenvalue weighted by Crippen LogP contribution is -2.50. The summed E-state index contributed by atoms with van der Waals surface area (Å²) in [6.45, 7) is 4.50. The van der Waals surface area contributed by atoms with Crippen molar-refractivity contribution in [3.63, 3.8) is 0 Å². The summed E-state index contributed by atoms with van der Waals surface area (Å²) < 4.78 is 16.3. The number of hydrogen-bond acceptors (Lipinski definition) is 5. The number of hydrogen-bond donors (Lipinski definition) is 1. The number of carbonyl (C=O) groups excluding carboxylic acids is 2. The number of amides is 2. The van der Waals surface area contributed by atoms with Gasteiger partial charge in [0.05, 0.1) is 14.2 Å². The second-order valence-electron chi connectivity index (χ2n) is 7.03. The maximum absolute atomic E-state index is 13.2. The molecule has 7 heteroatoms. The van der Waals surface area contributed by atoms with Crippen molar-refractivity contribution in [3.8, 4) is 17.2 Å². The summed E-state index contributed by atoms with van der Waals surface area (Å²) in [7, 11) is 3.14. The first kappa shape index (κ1) is 24.1. The molecule has 0 saturated heterocycles. The van der Waals surface area contributed by atoms with Gasteiger partial charge in [0, 0.05) is 13.1 Å². The Labute approximate surface area is 184 Å². The van der Waals surface area contributed by atoms with Crippen LogP contribution in [-0.4, -0.2) is 50.1 Å². The molecule has 0 heterocycles. The highest BCUT2D eigenvalue weighted by Gasteiger charge is 2.29. The van der Waals surface area contributed by atoms with Gasteiger partial charge in [-0.1, -0.05) is 38.1 Å². The van der Waals surface area contributed by atoms with Gasteiger partial charge < -0.3 is 24.4 Å². The third kappa shape index (κ3) is 6.91. The van der Waals surface area contributed by atoms with Gasteiger partial charge in [0.15, 0.2) is 18.1 Å². The third-order valence-corrected chi connectivity index (χ3v) is 4.84. The smallest absolute Gasteiger partial charge is 0.261 e. The minimum atomic E-state index is -0.605. The highest BCUT2D eigenvalue weighted by Crippen LogP contribution is 2.26. The summed E-state index contributed by atoms with van der Waals surface area (Å²) in [5.74, 6) is 1.26. The number of rotatable bonds is 12. The van der Waals surface area contributed by atoms with Gasteiger partial charge in [0.25, 0.3) is 5.91 Å². The third-order valence-electron chi connectivity index (χ3n) is 4.84. The SMILES string of the molecule is CCCNC(=O)[C@@H](CC)N(Cc1cccc(OC)c1)C(=O)COc1ccccc1OC. The standard InChI is InChI=1S/C24H32N2O5/c1-5-14-25-24(28)20(6-2)26(16-18-10-9-11-19(15-18)29-3)23(27)17-31-22-13-8-7-12-21(22)30-4/h7-13,15,20H,5-6,14,16-17H2,1-4H3,(H,25,28)/t20-/m1/s1. The maximum atomic E-state index is 13.2. The summed E-state index contributed by atoms with van der Waals surface area (Å²) in [5, 5.41) is 2.90. The van der Waals surface area contributed by atoms with E-state index in [4.69, 9.17) is 14.2 Å². The molecule has 0 spiro atoms. The monoisotopic (exact) mass is 428 g/mol. The summed E-state index contributed by atoms with van der Waals surface area (Å²) in [6.07, 6.45) is 1.31. The maximum Gasteiger partial charge on any atom is 0.261 e. The normalized spacial score (nSPS) is 11.4. The molecule has 0 aliphatic carbocycles. The van der Waals surface area contributed by atoms with E-state index in [1.165, 1.54) is 0 Å². The van der Waals surface area contributed by atoms with Gasteiger partial charge in [0.2, 0.25) is 5.91 Å². The highest BCUT2D eigenvalue weighted by molar-refractivity contribution is 5.88. The fraction of sp³-hybridized carbons (Fsp3) is 0.417. The number of methoxy groups -OCH3 is 2. The van der Waals surface area contributed by atoms with Crippen LogP contribution in [0, 0.1) is 0 Å². The van der Waals surface area contributed by atoms with Crippen LogP contribution in [0.1, 0.15) is 32.3 Å². The summed E-state index contributed by atoms with van der Waals surface area (Å²) in [4.78, 5) is 27.5. The molecule has 1 N–H and O–H groups in total. The second-order valence-corrected chi connectivity index (χ2v) is 7.03. The van der Waals surface area contributed by atoms with E-state index in [1.807, 2.05) is 50.2 Å². The van der Waals surface area contributed by atoms with Crippen molar-refractivity contribution in [3.05, 3.63) is 54.1 Å². The van der Waals surface area contributed by atoms with Crippen molar-refractivity contribution in [1.29, 1.82) is 0 Å². The van der Waals surface area contributed by atoms with Crippen LogP contribution in [0.2, 0.25) is 0 Å². The average Bonchev–Trinajstić information content (AvgIpc) is 2.81. The number of nitrogens with zero attached hydrogens (tertiary/aromatic N) is 1. The molecule has 2 amide bonds. The molecule has 0 aromatic heterocycles. The number of para-hydroxylation sites is 2. The van der Waals surface area contributed by atoms with Gasteiger partial charge in [-0.15, -0.1) is 0 Å². The molecule has 2 aromatic carbocycles. The minimum absolute atomic E-state index is 0.169. The van der Waals surface area contributed by atoms with Gasteiger partial charge in [-0.3, -0.25) is 9.59 Å². The fourth-order valence-electron chi connectivity index (χ4n) is 3.21. The molecule has 0 aliphatic heterocycles. The van der Waals surface area contributed by atoms with Gasteiger partial charge in [0.1, 0.15) is 11.8 Å². The van der Waals surface area contributed by atoms with Crippen LogP contribution in [0.4, 0.5) is 0 Å². The Morgan fingerprint density at radius 1 is 1.00 bits per heavy atom. The van der Waals surface area contributed by atoms with Crippen molar-refractivity contribution in [2.75, 3.05) is 27.4 Å². The van der Waals surface area contributed by atoms with E-state index >= 15 is 0 Å². The Morgan fingerprint density at radius 2 is 1.74 bits per heavy atom. The largest absolute Gasteiger partial charge is 0.497 e. The van der Waals surface area contributed by atoms with E-state index in [0.717, 1.165) is 12.0 Å². The van der Waals surface area contributed by atoms with Crippen molar-refractivity contribution < 1.29 is 23.8 Å². The quantitative estimate of drug-likeness (QED) is 0.561. The Hall–Kier alpha value is -3.22. The highest BCUT2D eigenvalue weighted by atomic mass is 16.5. The number of ether oxygens (including phenoxy) is 3. The Kier molecular flexibility index (Phi) is 9.68. The molecular weight excluding hydrogens is 396 g/mol. The Morgan fingerprint density at radius 3 is 2.39 bits per heavy atom. The van der Waals surface area contributed by atoms with Crippen LogP contribution in [0.15, 0.2) is 48.5 Å². The molecule has 7 nitrogen and oxygen atoms in total. The van der Waals surface area contributed by atoms with E-state index in [0.29, 0.717) is 30.2 Å². The molecule has 168 valence electrons. The Balaban J connectivity index is 2.23. The van der Waals surface area contributed by atoms with Crippen LogP contribution in [-0.2, 0) is 16.1 Å². The zero-order valence-electron chi connectivity index (χ0n) is 18.7. The molecule has 1 atom stereocenters. The first-order chi connectivity index (χ1) is 15.0. The van der Waals surface area contributed by atoms with E-state index in [9.17, 15) is 9.59 Å². The van der Waals surface area contributed by atoms with Crippen LogP contribution < -0.4 is 19.5 Å². The first-order valence-electron chi connectivity index (χ1n) is 10.5. The van der Waals surface area contributed by atoms with Gasteiger partial charge in [-0.25, -0.2) is 0 Å². The topological polar surface area (TPSA) is 77.1 Å². The second kappa shape index (κ2) is 12.5. The molecule has 0 fully saturated rings. The number of nitrogens with one attached hydrogen (secondary N) is 1. The van der Waals surface area contributed by atoms with Gasteiger partial charge in [-0.2, -0.15) is 0 Å². The minimum Gasteiger partial charge on any atom is -0.497 e. The van der Waals surface area contributed by atoms with Crippen LogP contribution in [0.3, 0.4) is 0 Å². The summed E-state index contributed by atoms with van der Waals surface area (Å²) >= 11 is 0. The average molecular weight is 429 g/mol. The van der Waals surface area contributed by atoms with Crippen LogP contribution in [0.25, 0.3) is 0 Å². The van der Waals surface area contributed by atoms with Crippen LogP contribution in [0.5, 0.6) is 17.2 Å². The summed E-state index contributed by atoms with van der Waals surface area (Å²) in [6, 6.07) is 14.0. The molecule has 0 saturated carbocycles. The zero-order valence-corrected chi connectivity index (χ0v) is 18.7. The van der Waals surface area contributed by atoms with E-state index in [2.05, 4.69) is 5.32 Å². The number of benzene rings is 2. The van der Waals surface area contributed by atoms with Crippen molar-refractivity contribution in [1.82, 2.24) is 10.2 Å². The predicted octanol–water partition coefficient (Wildman–Crippen LogP) is 3.42. The van der Waals surface area contributed by atoms with Crippen LogP contribution >= 0.6 is 0 Å². The van der Waals surface area contributed by atoms with Crippen molar-refractivity contribution in [2.45, 2.75) is 39.3 Å².